The molecule has 0 aromatic heterocycles. The first kappa shape index (κ1) is 17.5. The van der Waals surface area contributed by atoms with Crippen molar-refractivity contribution < 1.29 is 19.4 Å². The minimum absolute atomic E-state index is 0.117. The van der Waals surface area contributed by atoms with Crippen molar-refractivity contribution in [1.29, 1.82) is 0 Å². The van der Waals surface area contributed by atoms with E-state index in [4.69, 9.17) is 9.84 Å². The molecule has 126 valence electrons. The molecule has 0 heterocycles. The Morgan fingerprint density at radius 3 is 2.33 bits per heavy atom. The molecule has 0 saturated carbocycles. The third-order valence-corrected chi connectivity index (χ3v) is 3.76. The van der Waals surface area contributed by atoms with Crippen LogP contribution in [0.4, 0.5) is 5.69 Å². The number of carbonyl (C=O) groups excluding carboxylic acids is 1. The number of ether oxygens (including phenoxy) is 1. The molecule has 0 spiro atoms. The highest BCUT2D eigenvalue weighted by Crippen LogP contribution is 2.19. The molecule has 1 amide bonds. The fraction of sp³-hybridized carbons (Fsp3) is 0.263. The number of anilines is 1. The van der Waals surface area contributed by atoms with Gasteiger partial charge >= 0.3 is 5.97 Å². The van der Waals surface area contributed by atoms with Crippen LogP contribution in [-0.4, -0.2) is 23.1 Å². The van der Waals surface area contributed by atoms with Gasteiger partial charge in [-0.25, -0.2) is 4.79 Å². The van der Waals surface area contributed by atoms with Gasteiger partial charge in [0.25, 0.3) is 5.91 Å². The smallest absolute Gasteiger partial charge is 0.335 e. The van der Waals surface area contributed by atoms with Crippen molar-refractivity contribution >= 4 is 17.6 Å². The number of carbonyl (C=O) groups is 2. The molecule has 0 aliphatic heterocycles. The summed E-state index contributed by atoms with van der Waals surface area (Å²) in [5.74, 6) is -0.613. The molecule has 0 radical (unpaired) electrons. The number of hydrogen-bond acceptors (Lipinski definition) is 3. The third kappa shape index (κ3) is 4.35. The van der Waals surface area contributed by atoms with Crippen LogP contribution >= 0.6 is 0 Å². The summed E-state index contributed by atoms with van der Waals surface area (Å²) in [7, 11) is 0. The van der Waals surface area contributed by atoms with Gasteiger partial charge in [-0.05, 0) is 62.2 Å². The Hall–Kier alpha value is -2.82. The topological polar surface area (TPSA) is 75.6 Å². The van der Waals surface area contributed by atoms with Gasteiger partial charge in [0.15, 0.2) is 0 Å². The number of aryl methyl sites for hydroxylation is 1. The van der Waals surface area contributed by atoms with Gasteiger partial charge < -0.3 is 15.2 Å². The van der Waals surface area contributed by atoms with E-state index < -0.39 is 5.97 Å². The Labute approximate surface area is 141 Å². The average Bonchev–Trinajstić information content (AvgIpc) is 2.57. The lowest BCUT2D eigenvalue weighted by atomic mass is 10.1. The molecule has 24 heavy (non-hydrogen) atoms. The average molecular weight is 327 g/mol. The zero-order valence-corrected chi connectivity index (χ0v) is 14.0. The van der Waals surface area contributed by atoms with E-state index in [0.717, 1.165) is 12.0 Å². The minimum atomic E-state index is -1.03. The van der Waals surface area contributed by atoms with Crippen molar-refractivity contribution in [2.24, 2.45) is 0 Å². The summed E-state index contributed by atoms with van der Waals surface area (Å²) >= 11 is 0. The van der Waals surface area contributed by atoms with Crippen LogP contribution in [0.3, 0.4) is 0 Å². The molecular formula is C19H21NO4. The van der Waals surface area contributed by atoms with Crippen molar-refractivity contribution in [3.8, 4) is 5.75 Å². The summed E-state index contributed by atoms with van der Waals surface area (Å²) in [5.41, 5.74) is 1.89. The summed E-state index contributed by atoms with van der Waals surface area (Å²) < 4.78 is 5.68. The minimum Gasteiger partial charge on any atom is -0.491 e. The summed E-state index contributed by atoms with van der Waals surface area (Å²) in [6.07, 6.45) is 1.02. The van der Waals surface area contributed by atoms with Crippen LogP contribution in [0.5, 0.6) is 5.75 Å². The second-order valence-electron chi connectivity index (χ2n) is 5.65. The van der Waals surface area contributed by atoms with Crippen molar-refractivity contribution in [2.45, 2.75) is 33.3 Å². The van der Waals surface area contributed by atoms with E-state index in [1.165, 1.54) is 12.1 Å². The van der Waals surface area contributed by atoms with E-state index in [1.54, 1.807) is 30.3 Å². The molecule has 0 bridgehead atoms. The van der Waals surface area contributed by atoms with E-state index in [9.17, 15) is 9.59 Å². The van der Waals surface area contributed by atoms with Gasteiger partial charge in [0, 0.05) is 11.3 Å². The monoisotopic (exact) mass is 327 g/mol. The Balaban J connectivity index is 2.12. The normalized spacial score (nSPS) is 11.6. The Morgan fingerprint density at radius 2 is 1.75 bits per heavy atom. The van der Waals surface area contributed by atoms with Crippen LogP contribution in [0.25, 0.3) is 0 Å². The summed E-state index contributed by atoms with van der Waals surface area (Å²) in [6.45, 7) is 5.84. The lowest BCUT2D eigenvalue weighted by Crippen LogP contribution is -2.14. The SMILES string of the molecule is CC[C@H](C)Oc1ccc(C(=O)Nc2cc(C(=O)O)ccc2C)cc1. The molecule has 0 aliphatic rings. The zero-order chi connectivity index (χ0) is 17.7. The molecule has 2 rings (SSSR count). The van der Waals surface area contributed by atoms with Crippen molar-refractivity contribution in [3.05, 3.63) is 59.2 Å². The van der Waals surface area contributed by atoms with E-state index in [0.29, 0.717) is 17.0 Å². The molecule has 5 heteroatoms. The quantitative estimate of drug-likeness (QED) is 0.836. The van der Waals surface area contributed by atoms with Crippen LogP contribution in [-0.2, 0) is 0 Å². The first-order valence-corrected chi connectivity index (χ1v) is 7.82. The molecule has 0 aliphatic carbocycles. The van der Waals surface area contributed by atoms with Crippen LogP contribution in [0.15, 0.2) is 42.5 Å². The third-order valence-electron chi connectivity index (χ3n) is 3.76. The van der Waals surface area contributed by atoms with Crippen LogP contribution in [0.1, 0.15) is 46.5 Å². The molecule has 0 saturated heterocycles. The Morgan fingerprint density at radius 1 is 1.12 bits per heavy atom. The molecular weight excluding hydrogens is 306 g/mol. The number of hydrogen-bond donors (Lipinski definition) is 2. The van der Waals surface area contributed by atoms with Gasteiger partial charge in [-0.3, -0.25) is 4.79 Å². The zero-order valence-electron chi connectivity index (χ0n) is 14.0. The van der Waals surface area contributed by atoms with Crippen molar-refractivity contribution in [1.82, 2.24) is 0 Å². The fourth-order valence-electron chi connectivity index (χ4n) is 2.08. The highest BCUT2D eigenvalue weighted by molar-refractivity contribution is 6.05. The van der Waals surface area contributed by atoms with Crippen LogP contribution in [0, 0.1) is 6.92 Å². The summed E-state index contributed by atoms with van der Waals surface area (Å²) in [5, 5.41) is 11.8. The van der Waals surface area contributed by atoms with Gasteiger partial charge in [-0.15, -0.1) is 0 Å². The highest BCUT2D eigenvalue weighted by Gasteiger charge is 2.11. The molecule has 1 atom stereocenters. The molecule has 2 N–H and O–H groups in total. The highest BCUT2D eigenvalue weighted by atomic mass is 16.5. The maximum Gasteiger partial charge on any atom is 0.335 e. The standard InChI is InChI=1S/C19H21NO4/c1-4-13(3)24-16-9-7-14(8-10-16)18(21)20-17-11-15(19(22)23)6-5-12(17)2/h5-11,13H,4H2,1-3H3,(H,20,21)(H,22,23)/t13-/m0/s1. The fourth-order valence-corrected chi connectivity index (χ4v) is 2.08. The van der Waals surface area contributed by atoms with Crippen molar-refractivity contribution in [3.63, 3.8) is 0 Å². The molecule has 0 unspecified atom stereocenters. The maximum atomic E-state index is 12.3. The number of aromatic carboxylic acids is 1. The number of rotatable bonds is 6. The van der Waals surface area contributed by atoms with Crippen molar-refractivity contribution in [2.75, 3.05) is 5.32 Å². The Bertz CT molecular complexity index is 738. The van der Waals surface area contributed by atoms with Crippen LogP contribution in [0.2, 0.25) is 0 Å². The number of amides is 1. The van der Waals surface area contributed by atoms with E-state index >= 15 is 0 Å². The first-order valence-electron chi connectivity index (χ1n) is 7.82. The van der Waals surface area contributed by atoms with E-state index in [1.807, 2.05) is 20.8 Å². The predicted molar refractivity (Wildman–Crippen MR) is 92.9 cm³/mol. The van der Waals surface area contributed by atoms with Gasteiger partial charge in [-0.1, -0.05) is 13.0 Å². The summed E-state index contributed by atoms with van der Waals surface area (Å²) in [4.78, 5) is 23.4. The van der Waals surface area contributed by atoms with Crippen LogP contribution < -0.4 is 10.1 Å². The maximum absolute atomic E-state index is 12.3. The number of nitrogens with one attached hydrogen (secondary N) is 1. The Kier molecular flexibility index (Phi) is 5.58. The number of carboxylic acids is 1. The van der Waals surface area contributed by atoms with E-state index in [-0.39, 0.29) is 17.6 Å². The van der Waals surface area contributed by atoms with Gasteiger partial charge in [0.2, 0.25) is 0 Å². The van der Waals surface area contributed by atoms with E-state index in [2.05, 4.69) is 5.32 Å². The van der Waals surface area contributed by atoms with Gasteiger partial charge in [0.1, 0.15) is 5.75 Å². The second-order valence-corrected chi connectivity index (χ2v) is 5.65. The second kappa shape index (κ2) is 7.64. The van der Waals surface area contributed by atoms with Gasteiger partial charge in [-0.2, -0.15) is 0 Å². The van der Waals surface area contributed by atoms with Gasteiger partial charge in [0.05, 0.1) is 11.7 Å². The number of benzene rings is 2. The molecule has 0 fully saturated rings. The molecule has 5 nitrogen and oxygen atoms in total. The first-order chi connectivity index (χ1) is 11.4. The molecule has 2 aromatic carbocycles. The lowest BCUT2D eigenvalue weighted by molar-refractivity contribution is 0.0696. The largest absolute Gasteiger partial charge is 0.491 e. The number of carboxylic acid groups (broad SMARTS) is 1. The summed E-state index contributed by atoms with van der Waals surface area (Å²) in [6, 6.07) is 11.5. The molecule has 2 aromatic rings. The predicted octanol–water partition coefficient (Wildman–Crippen LogP) is 4.12. The lowest BCUT2D eigenvalue weighted by Gasteiger charge is -2.13.